The minimum absolute atomic E-state index is 0.663. The molecule has 0 amide bonds. The summed E-state index contributed by atoms with van der Waals surface area (Å²) in [6.07, 6.45) is 3.74. The van der Waals surface area contributed by atoms with Gasteiger partial charge in [-0.2, -0.15) is 0 Å². The van der Waals surface area contributed by atoms with Gasteiger partial charge in [0.25, 0.3) is 0 Å². The molecule has 1 aromatic rings. The van der Waals surface area contributed by atoms with Crippen molar-refractivity contribution >= 4 is 5.69 Å². The third kappa shape index (κ3) is 2.96. The van der Waals surface area contributed by atoms with Crippen LogP contribution in [0.2, 0.25) is 0 Å². The number of anilines is 1. The first kappa shape index (κ1) is 10.5. The summed E-state index contributed by atoms with van der Waals surface area (Å²) in [6, 6.07) is 9.41. The summed E-state index contributed by atoms with van der Waals surface area (Å²) >= 11 is 0. The number of hydrogen-bond donors (Lipinski definition) is 2. The minimum atomic E-state index is 0.663. The third-order valence-electron chi connectivity index (χ3n) is 3.08. The van der Waals surface area contributed by atoms with Crippen molar-refractivity contribution in [1.29, 1.82) is 0 Å². The molecule has 0 spiro atoms. The van der Waals surface area contributed by atoms with E-state index in [0.29, 0.717) is 6.04 Å². The predicted octanol–water partition coefficient (Wildman–Crippen LogP) is 2.41. The molecule has 0 radical (unpaired) electrons. The lowest BCUT2D eigenvalue weighted by molar-refractivity contribution is 0.633. The van der Waals surface area contributed by atoms with Crippen molar-refractivity contribution < 1.29 is 0 Å². The van der Waals surface area contributed by atoms with Gasteiger partial charge in [-0.1, -0.05) is 19.1 Å². The lowest BCUT2D eigenvalue weighted by Gasteiger charge is -2.12. The standard InChI is InChI=1S/C13H20N2/c1-2-11-5-7-12(8-6-11)15-10-13-4-3-9-14-13/h5-8,13-15H,2-4,9-10H2,1H3/t13-/m0/s1. The predicted molar refractivity (Wildman–Crippen MR) is 65.3 cm³/mol. The van der Waals surface area contributed by atoms with E-state index in [1.165, 1.54) is 30.6 Å². The molecule has 2 nitrogen and oxygen atoms in total. The largest absolute Gasteiger partial charge is 0.383 e. The molecule has 2 rings (SSSR count). The van der Waals surface area contributed by atoms with Crippen LogP contribution in [0.4, 0.5) is 5.69 Å². The highest BCUT2D eigenvalue weighted by atomic mass is 15.0. The molecule has 1 aromatic carbocycles. The highest BCUT2D eigenvalue weighted by Gasteiger charge is 2.12. The van der Waals surface area contributed by atoms with E-state index in [0.717, 1.165) is 13.0 Å². The number of hydrogen-bond acceptors (Lipinski definition) is 2. The molecule has 0 aromatic heterocycles. The first-order chi connectivity index (χ1) is 7.38. The van der Waals surface area contributed by atoms with E-state index in [9.17, 15) is 0 Å². The van der Waals surface area contributed by atoms with Crippen LogP contribution in [0.5, 0.6) is 0 Å². The molecule has 2 heteroatoms. The van der Waals surface area contributed by atoms with Gasteiger partial charge >= 0.3 is 0 Å². The van der Waals surface area contributed by atoms with Crippen LogP contribution in [-0.2, 0) is 6.42 Å². The highest BCUT2D eigenvalue weighted by molar-refractivity contribution is 5.44. The Bertz CT molecular complexity index is 286. The van der Waals surface area contributed by atoms with Crippen LogP contribution >= 0.6 is 0 Å². The fourth-order valence-corrected chi connectivity index (χ4v) is 2.03. The number of nitrogens with one attached hydrogen (secondary N) is 2. The van der Waals surface area contributed by atoms with Gasteiger partial charge in [0.2, 0.25) is 0 Å². The maximum absolute atomic E-state index is 3.49. The van der Waals surface area contributed by atoms with Gasteiger partial charge in [-0.15, -0.1) is 0 Å². The van der Waals surface area contributed by atoms with E-state index in [4.69, 9.17) is 0 Å². The average molecular weight is 204 g/mol. The lowest BCUT2D eigenvalue weighted by atomic mass is 10.1. The summed E-state index contributed by atoms with van der Waals surface area (Å²) in [5.41, 5.74) is 2.64. The number of rotatable bonds is 4. The zero-order valence-electron chi connectivity index (χ0n) is 9.42. The fraction of sp³-hybridized carbons (Fsp3) is 0.538. The molecule has 0 saturated carbocycles. The van der Waals surface area contributed by atoms with Gasteiger partial charge in [0.1, 0.15) is 0 Å². The maximum atomic E-state index is 3.49. The Morgan fingerprint density at radius 2 is 2.13 bits per heavy atom. The van der Waals surface area contributed by atoms with Crippen molar-refractivity contribution in [1.82, 2.24) is 5.32 Å². The van der Waals surface area contributed by atoms with Gasteiger partial charge in [-0.25, -0.2) is 0 Å². The van der Waals surface area contributed by atoms with Crippen molar-refractivity contribution in [2.75, 3.05) is 18.4 Å². The molecule has 1 fully saturated rings. The van der Waals surface area contributed by atoms with Crippen molar-refractivity contribution in [3.8, 4) is 0 Å². The molecule has 0 aliphatic carbocycles. The number of aryl methyl sites for hydroxylation is 1. The average Bonchev–Trinajstić information content (AvgIpc) is 2.80. The van der Waals surface area contributed by atoms with Crippen LogP contribution in [-0.4, -0.2) is 19.1 Å². The van der Waals surface area contributed by atoms with Crippen LogP contribution < -0.4 is 10.6 Å². The summed E-state index contributed by atoms with van der Waals surface area (Å²) in [5, 5.41) is 6.96. The van der Waals surface area contributed by atoms with E-state index < -0.39 is 0 Å². The minimum Gasteiger partial charge on any atom is -0.383 e. The summed E-state index contributed by atoms with van der Waals surface area (Å²) < 4.78 is 0. The topological polar surface area (TPSA) is 24.1 Å². The fourth-order valence-electron chi connectivity index (χ4n) is 2.03. The molecule has 1 saturated heterocycles. The second-order valence-corrected chi connectivity index (χ2v) is 4.22. The van der Waals surface area contributed by atoms with E-state index in [1.807, 2.05) is 0 Å². The smallest absolute Gasteiger partial charge is 0.0340 e. The third-order valence-corrected chi connectivity index (χ3v) is 3.08. The SMILES string of the molecule is CCc1ccc(NC[C@@H]2CCCN2)cc1. The molecule has 2 N–H and O–H groups in total. The Balaban J connectivity index is 1.82. The molecule has 82 valence electrons. The monoisotopic (exact) mass is 204 g/mol. The van der Waals surface area contributed by atoms with Crippen LogP contribution in [0.15, 0.2) is 24.3 Å². The highest BCUT2D eigenvalue weighted by Crippen LogP contribution is 2.11. The van der Waals surface area contributed by atoms with Crippen molar-refractivity contribution in [3.63, 3.8) is 0 Å². The summed E-state index contributed by atoms with van der Waals surface area (Å²) in [7, 11) is 0. The molecule has 0 unspecified atom stereocenters. The van der Waals surface area contributed by atoms with Gasteiger partial charge < -0.3 is 10.6 Å². The maximum Gasteiger partial charge on any atom is 0.0340 e. The zero-order chi connectivity index (χ0) is 10.5. The van der Waals surface area contributed by atoms with Crippen LogP contribution in [0, 0.1) is 0 Å². The normalized spacial score (nSPS) is 20.5. The molecule has 1 aliphatic rings. The van der Waals surface area contributed by atoms with Gasteiger partial charge in [-0.3, -0.25) is 0 Å². The molecular weight excluding hydrogens is 184 g/mol. The van der Waals surface area contributed by atoms with Crippen molar-refractivity contribution in [2.24, 2.45) is 0 Å². The van der Waals surface area contributed by atoms with Gasteiger partial charge in [-0.05, 0) is 43.5 Å². The van der Waals surface area contributed by atoms with Crippen LogP contribution in [0.25, 0.3) is 0 Å². The zero-order valence-corrected chi connectivity index (χ0v) is 9.42. The lowest BCUT2D eigenvalue weighted by Crippen LogP contribution is -2.29. The number of benzene rings is 1. The summed E-state index contributed by atoms with van der Waals surface area (Å²) in [5.74, 6) is 0. The van der Waals surface area contributed by atoms with E-state index in [-0.39, 0.29) is 0 Å². The van der Waals surface area contributed by atoms with E-state index in [2.05, 4.69) is 41.8 Å². The molecule has 1 atom stereocenters. The molecule has 15 heavy (non-hydrogen) atoms. The Kier molecular flexibility index (Phi) is 3.62. The first-order valence-electron chi connectivity index (χ1n) is 5.94. The molecule has 1 heterocycles. The van der Waals surface area contributed by atoms with E-state index >= 15 is 0 Å². The van der Waals surface area contributed by atoms with Crippen LogP contribution in [0.3, 0.4) is 0 Å². The first-order valence-corrected chi connectivity index (χ1v) is 5.94. The van der Waals surface area contributed by atoms with Gasteiger partial charge in [0, 0.05) is 18.3 Å². The second-order valence-electron chi connectivity index (χ2n) is 4.22. The van der Waals surface area contributed by atoms with Crippen LogP contribution in [0.1, 0.15) is 25.3 Å². The quantitative estimate of drug-likeness (QED) is 0.787. The Labute approximate surface area is 92.1 Å². The summed E-state index contributed by atoms with van der Waals surface area (Å²) in [4.78, 5) is 0. The second kappa shape index (κ2) is 5.17. The van der Waals surface area contributed by atoms with Crippen molar-refractivity contribution in [3.05, 3.63) is 29.8 Å². The van der Waals surface area contributed by atoms with Crippen molar-refractivity contribution in [2.45, 2.75) is 32.2 Å². The molecule has 1 aliphatic heterocycles. The van der Waals surface area contributed by atoms with Gasteiger partial charge in [0.15, 0.2) is 0 Å². The Morgan fingerprint density at radius 1 is 1.33 bits per heavy atom. The van der Waals surface area contributed by atoms with Gasteiger partial charge in [0.05, 0.1) is 0 Å². The summed E-state index contributed by atoms with van der Waals surface area (Å²) in [6.45, 7) is 4.41. The molecular formula is C13H20N2. The Hall–Kier alpha value is -1.02. The van der Waals surface area contributed by atoms with E-state index in [1.54, 1.807) is 0 Å². The molecule has 0 bridgehead atoms. The Morgan fingerprint density at radius 3 is 2.73 bits per heavy atom.